The van der Waals surface area contributed by atoms with E-state index in [-0.39, 0.29) is 28.3 Å². The molecule has 2 rings (SSSR count). The first-order valence-electron chi connectivity index (χ1n) is 7.07. The third-order valence-corrected chi connectivity index (χ3v) is 3.22. The van der Waals surface area contributed by atoms with Crippen LogP contribution in [0, 0.1) is 0 Å². The average molecular weight is 351 g/mol. The first-order valence-corrected chi connectivity index (χ1v) is 7.07. The van der Waals surface area contributed by atoms with Gasteiger partial charge < -0.3 is 19.5 Å². The third kappa shape index (κ3) is 4.43. The van der Waals surface area contributed by atoms with Gasteiger partial charge in [-0.25, -0.2) is 4.79 Å². The van der Waals surface area contributed by atoms with Gasteiger partial charge in [0.05, 0.1) is 25.5 Å². The van der Waals surface area contributed by atoms with E-state index in [1.807, 2.05) is 0 Å². The number of rotatable bonds is 6. The molecule has 132 valence electrons. The van der Waals surface area contributed by atoms with Gasteiger partial charge in [0.25, 0.3) is 5.91 Å². The van der Waals surface area contributed by atoms with Crippen molar-refractivity contribution in [3.8, 4) is 11.5 Å². The fraction of sp³-hybridized carbons (Fsp3) is 0.176. The summed E-state index contributed by atoms with van der Waals surface area (Å²) in [5.41, 5.74) is 0.576. The molecule has 0 aliphatic heterocycles. The second kappa shape index (κ2) is 8.09. The van der Waals surface area contributed by atoms with Crippen molar-refractivity contribution in [2.24, 2.45) is 0 Å². The highest BCUT2D eigenvalue weighted by molar-refractivity contribution is 6.08. The molecular formula is C17H15F2NO5. The van der Waals surface area contributed by atoms with Gasteiger partial charge in [-0.15, -0.1) is 0 Å². The molecule has 0 bridgehead atoms. The molecule has 0 atom stereocenters. The number of hydrogen-bond acceptors (Lipinski definition) is 5. The number of halogens is 2. The molecule has 0 saturated heterocycles. The Morgan fingerprint density at radius 2 is 1.76 bits per heavy atom. The monoisotopic (exact) mass is 351 g/mol. The van der Waals surface area contributed by atoms with E-state index in [4.69, 9.17) is 4.74 Å². The number of methoxy groups -OCH3 is 2. The lowest BCUT2D eigenvalue weighted by Crippen LogP contribution is -2.15. The average Bonchev–Trinajstić information content (AvgIpc) is 2.61. The van der Waals surface area contributed by atoms with Gasteiger partial charge in [0, 0.05) is 5.56 Å². The van der Waals surface area contributed by atoms with E-state index in [2.05, 4.69) is 14.8 Å². The summed E-state index contributed by atoms with van der Waals surface area (Å²) in [5.74, 6) is -1.37. The maximum absolute atomic E-state index is 12.4. The number of carbonyl (C=O) groups excluding carboxylic acids is 2. The number of amides is 1. The third-order valence-electron chi connectivity index (χ3n) is 3.22. The van der Waals surface area contributed by atoms with Crippen LogP contribution in [0.5, 0.6) is 11.5 Å². The highest BCUT2D eigenvalue weighted by Gasteiger charge is 2.17. The van der Waals surface area contributed by atoms with Gasteiger partial charge in [-0.2, -0.15) is 8.78 Å². The van der Waals surface area contributed by atoms with Crippen LogP contribution in [0.15, 0.2) is 42.5 Å². The highest BCUT2D eigenvalue weighted by atomic mass is 19.3. The van der Waals surface area contributed by atoms with Crippen molar-refractivity contribution < 1.29 is 32.6 Å². The van der Waals surface area contributed by atoms with Gasteiger partial charge in [-0.1, -0.05) is 12.1 Å². The van der Waals surface area contributed by atoms with Crippen molar-refractivity contribution in [3.05, 3.63) is 53.6 Å². The first kappa shape index (κ1) is 18.2. The first-order chi connectivity index (χ1) is 12.0. The molecule has 0 aromatic heterocycles. The number of ether oxygens (including phenoxy) is 3. The van der Waals surface area contributed by atoms with E-state index in [0.29, 0.717) is 0 Å². The molecule has 6 nitrogen and oxygen atoms in total. The SMILES string of the molecule is COC(=O)c1ccccc1NC(=O)c1ccc(OC(F)F)c(OC)c1. The van der Waals surface area contributed by atoms with Gasteiger partial charge in [-0.3, -0.25) is 4.79 Å². The minimum absolute atomic E-state index is 0.0193. The Bertz CT molecular complexity index is 779. The zero-order valence-electron chi connectivity index (χ0n) is 13.4. The van der Waals surface area contributed by atoms with Crippen LogP contribution in [-0.2, 0) is 4.74 Å². The summed E-state index contributed by atoms with van der Waals surface area (Å²) >= 11 is 0. The largest absolute Gasteiger partial charge is 0.493 e. The lowest BCUT2D eigenvalue weighted by molar-refractivity contribution is -0.0512. The normalized spacial score (nSPS) is 10.3. The molecule has 0 fully saturated rings. The van der Waals surface area contributed by atoms with Crippen LogP contribution in [0.3, 0.4) is 0 Å². The lowest BCUT2D eigenvalue weighted by atomic mass is 10.1. The quantitative estimate of drug-likeness (QED) is 0.808. The molecule has 2 aromatic rings. The lowest BCUT2D eigenvalue weighted by Gasteiger charge is -2.12. The molecule has 1 N–H and O–H groups in total. The number of benzene rings is 2. The van der Waals surface area contributed by atoms with Crippen LogP contribution >= 0.6 is 0 Å². The molecule has 0 spiro atoms. The highest BCUT2D eigenvalue weighted by Crippen LogP contribution is 2.30. The van der Waals surface area contributed by atoms with Crippen molar-refractivity contribution in [2.75, 3.05) is 19.5 Å². The molecule has 25 heavy (non-hydrogen) atoms. The number of anilines is 1. The number of alkyl halides is 2. The Balaban J connectivity index is 2.26. The fourth-order valence-corrected chi connectivity index (χ4v) is 2.08. The van der Waals surface area contributed by atoms with E-state index in [9.17, 15) is 18.4 Å². The summed E-state index contributed by atoms with van der Waals surface area (Å²) in [4.78, 5) is 24.1. The molecule has 1 amide bonds. The van der Waals surface area contributed by atoms with E-state index in [1.54, 1.807) is 12.1 Å². The van der Waals surface area contributed by atoms with Crippen LogP contribution in [0.4, 0.5) is 14.5 Å². The molecule has 0 unspecified atom stereocenters. The fourth-order valence-electron chi connectivity index (χ4n) is 2.08. The van der Waals surface area contributed by atoms with Gasteiger partial charge in [0.2, 0.25) is 0 Å². The number of para-hydroxylation sites is 1. The second-order valence-corrected chi connectivity index (χ2v) is 4.74. The summed E-state index contributed by atoms with van der Waals surface area (Å²) in [5, 5.41) is 2.57. The Kier molecular flexibility index (Phi) is 5.89. The van der Waals surface area contributed by atoms with Crippen LogP contribution in [-0.4, -0.2) is 32.7 Å². The minimum atomic E-state index is -3.01. The second-order valence-electron chi connectivity index (χ2n) is 4.74. The molecule has 0 radical (unpaired) electrons. The Hall–Kier alpha value is -3.16. The number of hydrogen-bond donors (Lipinski definition) is 1. The molecule has 2 aromatic carbocycles. The molecule has 0 saturated carbocycles. The van der Waals surface area contributed by atoms with Gasteiger partial charge in [-0.05, 0) is 30.3 Å². The molecule has 0 aliphatic rings. The minimum Gasteiger partial charge on any atom is -0.493 e. The zero-order valence-corrected chi connectivity index (χ0v) is 13.4. The molecule has 0 heterocycles. The van der Waals surface area contributed by atoms with Gasteiger partial charge in [0.1, 0.15) is 0 Å². The zero-order chi connectivity index (χ0) is 18.4. The number of esters is 1. The predicted molar refractivity (Wildman–Crippen MR) is 85.4 cm³/mol. The van der Waals surface area contributed by atoms with Gasteiger partial charge in [0.15, 0.2) is 11.5 Å². The summed E-state index contributed by atoms with van der Waals surface area (Å²) in [6.07, 6.45) is 0. The summed E-state index contributed by atoms with van der Waals surface area (Å²) in [6.45, 7) is -3.01. The van der Waals surface area contributed by atoms with Crippen LogP contribution in [0.1, 0.15) is 20.7 Å². The Morgan fingerprint density at radius 1 is 1.04 bits per heavy atom. The van der Waals surface area contributed by atoms with Crippen molar-refractivity contribution in [1.29, 1.82) is 0 Å². The molecule has 8 heteroatoms. The van der Waals surface area contributed by atoms with Crippen molar-refractivity contribution in [2.45, 2.75) is 6.61 Å². The Labute approximate surface area is 142 Å². The topological polar surface area (TPSA) is 73.9 Å². The van der Waals surface area contributed by atoms with Crippen molar-refractivity contribution in [1.82, 2.24) is 0 Å². The predicted octanol–water partition coefficient (Wildman–Crippen LogP) is 3.34. The summed E-state index contributed by atoms with van der Waals surface area (Å²) in [6, 6.07) is 10.1. The van der Waals surface area contributed by atoms with E-state index in [0.717, 1.165) is 0 Å². The van der Waals surface area contributed by atoms with Crippen LogP contribution in [0.2, 0.25) is 0 Å². The van der Waals surface area contributed by atoms with Crippen LogP contribution in [0.25, 0.3) is 0 Å². The number of nitrogens with one attached hydrogen (secondary N) is 1. The standard InChI is InChI=1S/C17H15F2NO5/c1-23-14-9-10(7-8-13(14)25-17(18)19)15(21)20-12-6-4-3-5-11(12)16(22)24-2/h3-9,17H,1-2H3,(H,20,21). The van der Waals surface area contributed by atoms with E-state index >= 15 is 0 Å². The molecule has 0 aliphatic carbocycles. The summed E-state index contributed by atoms with van der Waals surface area (Å²) < 4.78 is 38.6. The Morgan fingerprint density at radius 3 is 2.40 bits per heavy atom. The maximum Gasteiger partial charge on any atom is 0.387 e. The van der Waals surface area contributed by atoms with Gasteiger partial charge >= 0.3 is 12.6 Å². The number of carbonyl (C=O) groups is 2. The van der Waals surface area contributed by atoms with E-state index < -0.39 is 18.5 Å². The maximum atomic E-state index is 12.4. The summed E-state index contributed by atoms with van der Waals surface area (Å²) in [7, 11) is 2.50. The van der Waals surface area contributed by atoms with E-state index in [1.165, 1.54) is 44.6 Å². The van der Waals surface area contributed by atoms with Crippen molar-refractivity contribution in [3.63, 3.8) is 0 Å². The van der Waals surface area contributed by atoms with Crippen molar-refractivity contribution >= 4 is 17.6 Å². The smallest absolute Gasteiger partial charge is 0.387 e. The molecular weight excluding hydrogens is 336 g/mol. The van der Waals surface area contributed by atoms with Crippen LogP contribution < -0.4 is 14.8 Å².